The highest BCUT2D eigenvalue weighted by Gasteiger charge is 2.24. The Hall–Kier alpha value is -1.69. The second-order valence-electron chi connectivity index (χ2n) is 6.06. The van der Waals surface area contributed by atoms with Gasteiger partial charge in [-0.1, -0.05) is 24.3 Å². The Morgan fingerprint density at radius 2 is 2.17 bits per heavy atom. The van der Waals surface area contributed by atoms with Crippen LogP contribution in [0.1, 0.15) is 37.7 Å². The second-order valence-corrected chi connectivity index (χ2v) is 6.91. The van der Waals surface area contributed by atoms with Crippen LogP contribution in [0.3, 0.4) is 0 Å². The molecular formula is C18H21BrFNO3. The summed E-state index contributed by atoms with van der Waals surface area (Å²) in [6.07, 6.45) is 7.62. The Balaban J connectivity index is 1.87. The van der Waals surface area contributed by atoms with Gasteiger partial charge in [-0.3, -0.25) is 4.79 Å². The molecule has 1 amide bonds. The minimum absolute atomic E-state index is 0.0573. The van der Waals surface area contributed by atoms with E-state index in [1.807, 2.05) is 0 Å². The summed E-state index contributed by atoms with van der Waals surface area (Å²) in [5.74, 6) is -1.49. The molecule has 0 heterocycles. The maximum absolute atomic E-state index is 13.9. The van der Waals surface area contributed by atoms with Gasteiger partial charge in [-0.25, -0.2) is 9.18 Å². The molecule has 0 aromatic heterocycles. The van der Waals surface area contributed by atoms with Gasteiger partial charge in [0.2, 0.25) is 5.91 Å². The molecule has 1 aromatic carbocycles. The molecule has 2 rings (SSSR count). The van der Waals surface area contributed by atoms with Gasteiger partial charge in [-0.15, -0.1) is 0 Å². The van der Waals surface area contributed by atoms with E-state index < -0.39 is 12.0 Å². The minimum Gasteiger partial charge on any atom is -0.480 e. The normalized spacial score (nSPS) is 18.2. The summed E-state index contributed by atoms with van der Waals surface area (Å²) < 4.78 is 14.2. The summed E-state index contributed by atoms with van der Waals surface area (Å²) >= 11 is 3.11. The Labute approximate surface area is 149 Å². The molecule has 24 heavy (non-hydrogen) atoms. The molecule has 0 fully saturated rings. The van der Waals surface area contributed by atoms with Crippen LogP contribution in [0.2, 0.25) is 0 Å². The van der Waals surface area contributed by atoms with Crippen LogP contribution < -0.4 is 5.32 Å². The van der Waals surface area contributed by atoms with Gasteiger partial charge in [-0.05, 0) is 65.6 Å². The van der Waals surface area contributed by atoms with Crippen molar-refractivity contribution in [2.45, 2.75) is 44.6 Å². The van der Waals surface area contributed by atoms with Crippen molar-refractivity contribution in [2.24, 2.45) is 5.92 Å². The topological polar surface area (TPSA) is 66.4 Å². The van der Waals surface area contributed by atoms with Crippen LogP contribution in [0.25, 0.3) is 0 Å². The zero-order valence-electron chi connectivity index (χ0n) is 13.3. The Bertz CT molecular complexity index is 633. The molecule has 0 bridgehead atoms. The van der Waals surface area contributed by atoms with Crippen molar-refractivity contribution in [3.63, 3.8) is 0 Å². The summed E-state index contributed by atoms with van der Waals surface area (Å²) in [4.78, 5) is 23.4. The number of aliphatic carboxylic acids is 1. The number of hydrogen-bond donors (Lipinski definition) is 2. The molecule has 6 heteroatoms. The van der Waals surface area contributed by atoms with E-state index in [4.69, 9.17) is 0 Å². The number of allylic oxidation sites excluding steroid dienone is 2. The van der Waals surface area contributed by atoms with Crippen LogP contribution in [0, 0.1) is 11.7 Å². The third-order valence-corrected chi connectivity index (χ3v) is 4.85. The van der Waals surface area contributed by atoms with E-state index in [1.165, 1.54) is 0 Å². The fourth-order valence-electron chi connectivity index (χ4n) is 2.88. The van der Waals surface area contributed by atoms with Crippen LogP contribution in [-0.4, -0.2) is 23.0 Å². The highest BCUT2D eigenvalue weighted by molar-refractivity contribution is 9.10. The van der Waals surface area contributed by atoms with Crippen LogP contribution in [0.15, 0.2) is 34.8 Å². The van der Waals surface area contributed by atoms with Gasteiger partial charge >= 0.3 is 5.97 Å². The lowest BCUT2D eigenvalue weighted by Crippen LogP contribution is -2.42. The van der Waals surface area contributed by atoms with Crippen molar-refractivity contribution in [3.8, 4) is 0 Å². The largest absolute Gasteiger partial charge is 0.480 e. The molecule has 0 spiro atoms. The predicted octanol–water partition coefficient (Wildman–Crippen LogP) is 3.84. The van der Waals surface area contributed by atoms with Crippen LogP contribution >= 0.6 is 15.9 Å². The Morgan fingerprint density at radius 1 is 1.38 bits per heavy atom. The van der Waals surface area contributed by atoms with Crippen molar-refractivity contribution >= 4 is 27.8 Å². The molecule has 1 aromatic rings. The molecule has 1 aliphatic carbocycles. The number of carbonyl (C=O) groups excluding carboxylic acids is 1. The molecule has 4 nitrogen and oxygen atoms in total. The summed E-state index contributed by atoms with van der Waals surface area (Å²) in [5, 5.41) is 11.9. The van der Waals surface area contributed by atoms with Gasteiger partial charge in [0, 0.05) is 6.42 Å². The molecule has 1 aliphatic rings. The first-order chi connectivity index (χ1) is 11.5. The molecule has 0 saturated heterocycles. The van der Waals surface area contributed by atoms with E-state index in [9.17, 15) is 19.1 Å². The van der Waals surface area contributed by atoms with Gasteiger partial charge in [0.05, 0.1) is 4.47 Å². The van der Waals surface area contributed by atoms with Crippen LogP contribution in [-0.2, 0) is 16.0 Å². The monoisotopic (exact) mass is 397 g/mol. The summed E-state index contributed by atoms with van der Waals surface area (Å²) in [6.45, 7) is 0. The highest BCUT2D eigenvalue weighted by Crippen LogP contribution is 2.23. The van der Waals surface area contributed by atoms with Crippen molar-refractivity contribution < 1.29 is 19.1 Å². The molecular weight excluding hydrogens is 377 g/mol. The Morgan fingerprint density at radius 3 is 2.83 bits per heavy atom. The first kappa shape index (κ1) is 18.6. The van der Waals surface area contributed by atoms with Crippen molar-refractivity contribution in [1.82, 2.24) is 5.32 Å². The maximum atomic E-state index is 13.9. The maximum Gasteiger partial charge on any atom is 0.326 e. The average Bonchev–Trinajstić information content (AvgIpc) is 2.56. The number of amides is 1. The lowest BCUT2D eigenvalue weighted by molar-refractivity contribution is -0.142. The van der Waals surface area contributed by atoms with Gasteiger partial charge < -0.3 is 10.4 Å². The minimum atomic E-state index is -1.02. The lowest BCUT2D eigenvalue weighted by atomic mass is 9.88. The summed E-state index contributed by atoms with van der Waals surface area (Å²) in [6, 6.07) is 4.03. The van der Waals surface area contributed by atoms with Gasteiger partial charge in [0.25, 0.3) is 0 Å². The van der Waals surface area contributed by atoms with Crippen LogP contribution in [0.5, 0.6) is 0 Å². The second kappa shape index (κ2) is 8.97. The van der Waals surface area contributed by atoms with Gasteiger partial charge in [0.15, 0.2) is 0 Å². The fraction of sp³-hybridized carbons (Fsp3) is 0.444. The number of carboxylic acid groups (broad SMARTS) is 1. The molecule has 130 valence electrons. The van der Waals surface area contributed by atoms with E-state index in [2.05, 4.69) is 33.4 Å². The number of aryl methyl sites for hydroxylation is 1. The predicted molar refractivity (Wildman–Crippen MR) is 93.1 cm³/mol. The Kier molecular flexibility index (Phi) is 6.97. The SMILES string of the molecule is O=C(CCc1cccc(Br)c1F)NC(CC1CC=CCC1)C(=O)O. The highest BCUT2D eigenvalue weighted by atomic mass is 79.9. The average molecular weight is 398 g/mol. The van der Waals surface area contributed by atoms with E-state index in [1.54, 1.807) is 18.2 Å². The van der Waals surface area contributed by atoms with Gasteiger partial charge in [0.1, 0.15) is 11.9 Å². The molecule has 2 atom stereocenters. The molecule has 0 radical (unpaired) electrons. The third kappa shape index (κ3) is 5.44. The number of halogens is 2. The number of hydrogen-bond acceptors (Lipinski definition) is 2. The van der Waals surface area contributed by atoms with E-state index >= 15 is 0 Å². The number of nitrogens with one attached hydrogen (secondary N) is 1. The first-order valence-electron chi connectivity index (χ1n) is 8.07. The molecule has 2 N–H and O–H groups in total. The zero-order chi connectivity index (χ0) is 17.5. The lowest BCUT2D eigenvalue weighted by Gasteiger charge is -2.22. The van der Waals surface area contributed by atoms with Gasteiger partial charge in [-0.2, -0.15) is 0 Å². The summed E-state index contributed by atoms with van der Waals surface area (Å²) in [5.41, 5.74) is 0.434. The third-order valence-electron chi connectivity index (χ3n) is 4.23. The van der Waals surface area contributed by atoms with Crippen molar-refractivity contribution in [2.75, 3.05) is 0 Å². The van der Waals surface area contributed by atoms with Crippen LogP contribution in [0.4, 0.5) is 4.39 Å². The first-order valence-corrected chi connectivity index (χ1v) is 8.86. The molecule has 0 aliphatic heterocycles. The quantitative estimate of drug-likeness (QED) is 0.686. The van der Waals surface area contributed by atoms with Crippen molar-refractivity contribution in [1.29, 1.82) is 0 Å². The van der Waals surface area contributed by atoms with E-state index in [-0.39, 0.29) is 30.5 Å². The zero-order valence-corrected chi connectivity index (χ0v) is 14.9. The number of carbonyl (C=O) groups is 2. The number of rotatable bonds is 7. The summed E-state index contributed by atoms with van der Waals surface area (Å²) in [7, 11) is 0. The molecule has 2 unspecified atom stereocenters. The number of carboxylic acids is 1. The standard InChI is InChI=1S/C18H21BrFNO3/c19-14-8-4-7-13(17(14)20)9-10-16(22)21-15(18(23)24)11-12-5-2-1-3-6-12/h1-2,4,7-8,12,15H,3,5-6,9-11H2,(H,21,22)(H,23,24). The molecule has 0 saturated carbocycles. The fourth-order valence-corrected chi connectivity index (χ4v) is 3.29. The van der Waals surface area contributed by atoms with Crippen molar-refractivity contribution in [3.05, 3.63) is 46.2 Å². The van der Waals surface area contributed by atoms with E-state index in [0.717, 1.165) is 19.3 Å². The van der Waals surface area contributed by atoms with E-state index in [0.29, 0.717) is 16.5 Å². The smallest absolute Gasteiger partial charge is 0.326 e. The number of benzene rings is 1.